The summed E-state index contributed by atoms with van der Waals surface area (Å²) in [4.78, 5) is 0. The van der Waals surface area contributed by atoms with Crippen LogP contribution in [0.1, 0.15) is 32.1 Å². The predicted molar refractivity (Wildman–Crippen MR) is 51.1 cm³/mol. The molecule has 0 saturated heterocycles. The Balaban J connectivity index is 2.35. The van der Waals surface area contributed by atoms with E-state index in [4.69, 9.17) is 11.6 Å². The quantitative estimate of drug-likeness (QED) is 0.651. The van der Waals surface area contributed by atoms with Crippen molar-refractivity contribution in [1.82, 2.24) is 0 Å². The Kier molecular flexibility index (Phi) is 3.87. The van der Waals surface area contributed by atoms with Crippen molar-refractivity contribution in [2.45, 2.75) is 38.3 Å². The third kappa shape index (κ3) is 3.52. The fraction of sp³-hybridized carbons (Fsp3) is 0.800. The van der Waals surface area contributed by atoms with Crippen molar-refractivity contribution in [2.75, 3.05) is 0 Å². The van der Waals surface area contributed by atoms with Gasteiger partial charge in [-0.2, -0.15) is 13.2 Å². The second-order valence-electron chi connectivity index (χ2n) is 3.98. The Labute approximate surface area is 87.1 Å². The molecule has 14 heavy (non-hydrogen) atoms. The molecule has 1 saturated carbocycles. The van der Waals surface area contributed by atoms with Crippen LogP contribution in [0.2, 0.25) is 0 Å². The van der Waals surface area contributed by atoms with Gasteiger partial charge in [0, 0.05) is 5.03 Å². The van der Waals surface area contributed by atoms with Crippen molar-refractivity contribution in [2.24, 2.45) is 11.8 Å². The second-order valence-corrected chi connectivity index (χ2v) is 4.52. The first-order valence-electron chi connectivity index (χ1n) is 4.79. The van der Waals surface area contributed by atoms with Crippen LogP contribution in [-0.4, -0.2) is 6.18 Å². The van der Waals surface area contributed by atoms with Gasteiger partial charge < -0.3 is 0 Å². The zero-order valence-corrected chi connectivity index (χ0v) is 8.67. The molecule has 1 fully saturated rings. The molecule has 0 heterocycles. The molecule has 0 amide bonds. The van der Waals surface area contributed by atoms with Crippen LogP contribution < -0.4 is 0 Å². The number of rotatable bonds is 2. The minimum atomic E-state index is -4.01. The van der Waals surface area contributed by atoms with E-state index < -0.39 is 12.1 Å². The summed E-state index contributed by atoms with van der Waals surface area (Å²) in [6.07, 6.45) is -1.61. The van der Waals surface area contributed by atoms with Crippen molar-refractivity contribution in [3.8, 4) is 0 Å². The first-order chi connectivity index (χ1) is 6.39. The largest absolute Gasteiger partial charge is 0.391 e. The lowest BCUT2D eigenvalue weighted by Crippen LogP contribution is -2.27. The number of hydrogen-bond acceptors (Lipinski definition) is 0. The summed E-state index contributed by atoms with van der Waals surface area (Å²) in [5, 5.41) is 0.556. The van der Waals surface area contributed by atoms with E-state index in [9.17, 15) is 13.2 Å². The van der Waals surface area contributed by atoms with E-state index in [1.807, 2.05) is 0 Å². The lowest BCUT2D eigenvalue weighted by atomic mass is 9.80. The Hall–Kier alpha value is -0.180. The van der Waals surface area contributed by atoms with Gasteiger partial charge in [-0.3, -0.25) is 0 Å². The Morgan fingerprint density at radius 2 is 1.71 bits per heavy atom. The summed E-state index contributed by atoms with van der Waals surface area (Å²) >= 11 is 5.62. The monoisotopic (exact) mass is 226 g/mol. The molecule has 0 nitrogen and oxygen atoms in total. The van der Waals surface area contributed by atoms with Crippen LogP contribution in [-0.2, 0) is 0 Å². The Bertz CT molecular complexity index is 202. The highest BCUT2D eigenvalue weighted by Gasteiger charge is 2.41. The van der Waals surface area contributed by atoms with E-state index in [0.717, 1.165) is 0 Å². The van der Waals surface area contributed by atoms with Gasteiger partial charge in [-0.25, -0.2) is 0 Å². The normalized spacial score (nSPS) is 28.9. The second kappa shape index (κ2) is 4.56. The fourth-order valence-electron chi connectivity index (χ4n) is 2.01. The number of hydrogen-bond donors (Lipinski definition) is 0. The molecule has 0 aliphatic heterocycles. The summed E-state index contributed by atoms with van der Waals surface area (Å²) in [7, 11) is 0. The standard InChI is InChI=1S/C10H14ClF3/c1-7(11)6-8-2-4-9(5-3-8)10(12,13)14/h8-9H,1-6H2. The van der Waals surface area contributed by atoms with Crippen molar-refractivity contribution in [3.05, 3.63) is 11.6 Å². The van der Waals surface area contributed by atoms with Gasteiger partial charge in [0.05, 0.1) is 5.92 Å². The maximum Gasteiger partial charge on any atom is 0.391 e. The van der Waals surface area contributed by atoms with Gasteiger partial charge in [0.25, 0.3) is 0 Å². The van der Waals surface area contributed by atoms with Gasteiger partial charge in [-0.1, -0.05) is 18.2 Å². The molecule has 82 valence electrons. The summed E-state index contributed by atoms with van der Waals surface area (Å²) in [5.41, 5.74) is 0. The van der Waals surface area contributed by atoms with Crippen LogP contribution in [0, 0.1) is 11.8 Å². The van der Waals surface area contributed by atoms with Gasteiger partial charge in [-0.05, 0) is 38.0 Å². The summed E-state index contributed by atoms with van der Waals surface area (Å²) in [6.45, 7) is 3.56. The molecule has 4 heteroatoms. The molecule has 1 aliphatic carbocycles. The SMILES string of the molecule is C=C(Cl)CC1CCC(C(F)(F)F)CC1. The molecule has 0 unspecified atom stereocenters. The first-order valence-corrected chi connectivity index (χ1v) is 5.17. The average Bonchev–Trinajstić information content (AvgIpc) is 2.02. The van der Waals surface area contributed by atoms with Gasteiger partial charge in [-0.15, -0.1) is 0 Å². The molecule has 1 aliphatic rings. The molecule has 0 radical (unpaired) electrons. The van der Waals surface area contributed by atoms with Crippen LogP contribution >= 0.6 is 11.6 Å². The van der Waals surface area contributed by atoms with Gasteiger partial charge in [0.15, 0.2) is 0 Å². The van der Waals surface area contributed by atoms with Crippen LogP contribution in [0.5, 0.6) is 0 Å². The zero-order valence-electron chi connectivity index (χ0n) is 7.91. The summed E-state index contributed by atoms with van der Waals surface area (Å²) in [5.74, 6) is -0.791. The fourth-order valence-corrected chi connectivity index (χ4v) is 2.23. The van der Waals surface area contributed by atoms with E-state index >= 15 is 0 Å². The Morgan fingerprint density at radius 1 is 1.21 bits per heavy atom. The molecule has 0 atom stereocenters. The van der Waals surface area contributed by atoms with Crippen molar-refractivity contribution < 1.29 is 13.2 Å². The van der Waals surface area contributed by atoms with E-state index in [2.05, 4.69) is 6.58 Å². The lowest BCUT2D eigenvalue weighted by Gasteiger charge is -2.29. The van der Waals surface area contributed by atoms with Crippen LogP contribution in [0.4, 0.5) is 13.2 Å². The maximum atomic E-state index is 12.3. The molecule has 0 spiro atoms. The molecular weight excluding hydrogens is 213 g/mol. The minimum absolute atomic E-state index is 0.248. The van der Waals surface area contributed by atoms with Crippen LogP contribution in [0.15, 0.2) is 11.6 Å². The molecule has 0 aromatic carbocycles. The maximum absolute atomic E-state index is 12.3. The first kappa shape index (κ1) is 11.9. The average molecular weight is 227 g/mol. The smallest absolute Gasteiger partial charge is 0.171 e. The molecule has 0 bridgehead atoms. The third-order valence-electron chi connectivity index (χ3n) is 2.82. The zero-order chi connectivity index (χ0) is 10.8. The third-order valence-corrected chi connectivity index (χ3v) is 2.97. The topological polar surface area (TPSA) is 0 Å². The highest BCUT2D eigenvalue weighted by atomic mass is 35.5. The number of alkyl halides is 3. The summed E-state index contributed by atoms with van der Waals surface area (Å²) < 4.78 is 36.9. The molecule has 0 N–H and O–H groups in total. The Morgan fingerprint density at radius 3 is 2.07 bits per heavy atom. The summed E-state index contributed by atoms with van der Waals surface area (Å²) in [6, 6.07) is 0. The lowest BCUT2D eigenvalue weighted by molar-refractivity contribution is -0.183. The van der Waals surface area contributed by atoms with Gasteiger partial charge in [0.2, 0.25) is 0 Å². The number of allylic oxidation sites excluding steroid dienone is 1. The highest BCUT2D eigenvalue weighted by Crippen LogP contribution is 2.41. The minimum Gasteiger partial charge on any atom is -0.171 e. The van der Waals surface area contributed by atoms with Gasteiger partial charge in [0.1, 0.15) is 0 Å². The number of halogens is 4. The molecular formula is C10H14ClF3. The van der Waals surface area contributed by atoms with E-state index in [0.29, 0.717) is 30.2 Å². The highest BCUT2D eigenvalue weighted by molar-refractivity contribution is 6.29. The van der Waals surface area contributed by atoms with Crippen LogP contribution in [0.25, 0.3) is 0 Å². The van der Waals surface area contributed by atoms with E-state index in [-0.39, 0.29) is 12.8 Å². The molecule has 1 rings (SSSR count). The molecule has 0 aromatic rings. The molecule has 0 aromatic heterocycles. The van der Waals surface area contributed by atoms with Gasteiger partial charge >= 0.3 is 6.18 Å². The van der Waals surface area contributed by atoms with E-state index in [1.54, 1.807) is 0 Å². The van der Waals surface area contributed by atoms with Crippen molar-refractivity contribution >= 4 is 11.6 Å². The van der Waals surface area contributed by atoms with Crippen molar-refractivity contribution in [1.29, 1.82) is 0 Å². The van der Waals surface area contributed by atoms with Crippen molar-refractivity contribution in [3.63, 3.8) is 0 Å². The van der Waals surface area contributed by atoms with Crippen LogP contribution in [0.3, 0.4) is 0 Å². The predicted octanol–water partition coefficient (Wildman–Crippen LogP) is 4.50. The van der Waals surface area contributed by atoms with E-state index in [1.165, 1.54) is 0 Å².